The van der Waals surface area contributed by atoms with Gasteiger partial charge >= 0.3 is 0 Å². The highest BCUT2D eigenvalue weighted by molar-refractivity contribution is 5.77. The van der Waals surface area contributed by atoms with Gasteiger partial charge in [0.15, 0.2) is 11.3 Å². The highest BCUT2D eigenvalue weighted by Gasteiger charge is 2.21. The van der Waals surface area contributed by atoms with E-state index in [4.69, 9.17) is 9.84 Å². The number of ether oxygens (including phenoxy) is 1. The van der Waals surface area contributed by atoms with Crippen LogP contribution in [0.4, 0.5) is 5.69 Å². The highest BCUT2D eigenvalue weighted by atomic mass is 16.5. The van der Waals surface area contributed by atoms with Crippen LogP contribution < -0.4 is 20.5 Å². The second-order valence-electron chi connectivity index (χ2n) is 8.60. The Morgan fingerprint density at radius 1 is 1.15 bits per heavy atom. The van der Waals surface area contributed by atoms with Gasteiger partial charge in [-0.2, -0.15) is 0 Å². The van der Waals surface area contributed by atoms with Gasteiger partial charge in [0.25, 0.3) is 5.56 Å². The van der Waals surface area contributed by atoms with Gasteiger partial charge in [-0.15, -0.1) is 5.10 Å². The number of aromatic amines is 1. The molecule has 0 atom stereocenters. The van der Waals surface area contributed by atoms with E-state index in [1.165, 1.54) is 0 Å². The smallest absolute Gasteiger partial charge is 0.277 e. The van der Waals surface area contributed by atoms with Crippen LogP contribution in [0, 0.1) is 6.92 Å². The maximum Gasteiger partial charge on any atom is 0.277 e. The molecule has 176 valence electrons. The van der Waals surface area contributed by atoms with Crippen molar-refractivity contribution in [1.82, 2.24) is 24.9 Å². The Kier molecular flexibility index (Phi) is 6.06. The molecule has 5 rings (SSSR count). The molecule has 0 radical (unpaired) electrons. The highest BCUT2D eigenvalue weighted by Crippen LogP contribution is 2.33. The number of nitrogens with zero attached hydrogens (tertiary/aromatic N) is 4. The van der Waals surface area contributed by atoms with Crippen LogP contribution in [-0.4, -0.2) is 52.4 Å². The summed E-state index contributed by atoms with van der Waals surface area (Å²) in [5.41, 5.74) is 3.59. The first kappa shape index (κ1) is 22.2. The van der Waals surface area contributed by atoms with Gasteiger partial charge in [0.2, 0.25) is 0 Å². The van der Waals surface area contributed by atoms with Crippen LogP contribution in [0.25, 0.3) is 28.2 Å². The predicted molar refractivity (Wildman–Crippen MR) is 135 cm³/mol. The largest absolute Gasteiger partial charge is 0.493 e. The number of nitrogens with one attached hydrogen (secondary N) is 2. The van der Waals surface area contributed by atoms with Crippen LogP contribution in [-0.2, 0) is 0 Å². The fraction of sp³-hybridized carbons (Fsp3) is 0.346. The van der Waals surface area contributed by atoms with Crippen LogP contribution in [0.1, 0.15) is 25.6 Å². The molecule has 0 bridgehead atoms. The molecule has 3 heterocycles. The Hall–Kier alpha value is -3.65. The van der Waals surface area contributed by atoms with E-state index in [0.29, 0.717) is 41.3 Å². The minimum Gasteiger partial charge on any atom is -0.493 e. The number of imidazole rings is 1. The quantitative estimate of drug-likeness (QED) is 0.459. The average Bonchev–Trinajstić information content (AvgIpc) is 3.21. The third kappa shape index (κ3) is 4.05. The minimum atomic E-state index is -0.231. The van der Waals surface area contributed by atoms with Crippen molar-refractivity contribution in [2.24, 2.45) is 0 Å². The lowest BCUT2D eigenvalue weighted by Gasteiger charge is -2.33. The van der Waals surface area contributed by atoms with Gasteiger partial charge in [-0.1, -0.05) is 30.3 Å². The fourth-order valence-electron chi connectivity index (χ4n) is 4.67. The van der Waals surface area contributed by atoms with Crippen molar-refractivity contribution >= 4 is 11.2 Å². The van der Waals surface area contributed by atoms with Gasteiger partial charge in [0, 0.05) is 36.4 Å². The Labute approximate surface area is 198 Å². The Bertz CT molecular complexity index is 1350. The number of benzene rings is 2. The standard InChI is InChI=1S/C26H30N6O2/c1-4-34-22-16-20(31-14-12-19(27-3)13-15-31)10-11-21(22)25-29-26(33)24-23(18-8-6-5-7-9-18)28-17(2)32(24)30-25/h5-11,16,19,27H,4,12-15H2,1-3H3,(H,29,30,33). The minimum absolute atomic E-state index is 0.231. The number of piperidine rings is 1. The molecule has 4 aromatic rings. The molecule has 34 heavy (non-hydrogen) atoms. The summed E-state index contributed by atoms with van der Waals surface area (Å²) in [6.07, 6.45) is 2.22. The van der Waals surface area contributed by atoms with Gasteiger partial charge in [-0.3, -0.25) is 4.79 Å². The first-order chi connectivity index (χ1) is 16.6. The zero-order chi connectivity index (χ0) is 23.7. The molecule has 0 saturated carbocycles. The van der Waals surface area contributed by atoms with E-state index >= 15 is 0 Å². The van der Waals surface area contributed by atoms with E-state index in [-0.39, 0.29) is 5.56 Å². The first-order valence-electron chi connectivity index (χ1n) is 11.8. The Balaban J connectivity index is 1.55. The van der Waals surface area contributed by atoms with Crippen molar-refractivity contribution in [3.05, 3.63) is 64.7 Å². The average molecular weight is 459 g/mol. The van der Waals surface area contributed by atoms with Gasteiger partial charge in [0.05, 0.1) is 12.2 Å². The SMILES string of the molecule is CCOc1cc(N2CCC(NC)CC2)ccc1-c1nn2c(C)nc(-c3ccccc3)c2c(=O)[nH]1. The lowest BCUT2D eigenvalue weighted by Crippen LogP contribution is -2.41. The van der Waals surface area contributed by atoms with Crippen molar-refractivity contribution < 1.29 is 4.74 Å². The van der Waals surface area contributed by atoms with Crippen molar-refractivity contribution in [2.45, 2.75) is 32.7 Å². The molecule has 1 aliphatic rings. The maximum atomic E-state index is 13.2. The second-order valence-corrected chi connectivity index (χ2v) is 8.60. The van der Waals surface area contributed by atoms with Gasteiger partial charge in [-0.05, 0) is 45.9 Å². The molecular formula is C26H30N6O2. The lowest BCUT2D eigenvalue weighted by atomic mass is 10.0. The zero-order valence-corrected chi connectivity index (χ0v) is 19.8. The normalized spacial score (nSPS) is 14.6. The van der Waals surface area contributed by atoms with E-state index in [1.54, 1.807) is 4.52 Å². The predicted octanol–water partition coefficient (Wildman–Crippen LogP) is 3.65. The number of aromatic nitrogens is 4. The third-order valence-corrected chi connectivity index (χ3v) is 6.50. The number of aryl methyl sites for hydroxylation is 1. The monoisotopic (exact) mass is 458 g/mol. The summed E-state index contributed by atoms with van der Waals surface area (Å²) < 4.78 is 7.62. The summed E-state index contributed by atoms with van der Waals surface area (Å²) in [5.74, 6) is 1.82. The number of hydrogen-bond acceptors (Lipinski definition) is 6. The Morgan fingerprint density at radius 3 is 2.62 bits per heavy atom. The molecule has 0 unspecified atom stereocenters. The van der Waals surface area contributed by atoms with E-state index < -0.39 is 0 Å². The zero-order valence-electron chi connectivity index (χ0n) is 19.8. The topological polar surface area (TPSA) is 87.5 Å². The van der Waals surface area contributed by atoms with E-state index in [2.05, 4.69) is 32.3 Å². The molecule has 2 N–H and O–H groups in total. The van der Waals surface area contributed by atoms with Gasteiger partial charge in [0.1, 0.15) is 17.3 Å². The molecule has 1 fully saturated rings. The van der Waals surface area contributed by atoms with E-state index in [0.717, 1.165) is 42.7 Å². The fourth-order valence-corrected chi connectivity index (χ4v) is 4.67. The summed E-state index contributed by atoms with van der Waals surface area (Å²) in [4.78, 5) is 23.2. The lowest BCUT2D eigenvalue weighted by molar-refractivity contribution is 0.341. The number of fused-ring (bicyclic) bond motifs is 1. The Morgan fingerprint density at radius 2 is 1.91 bits per heavy atom. The summed E-state index contributed by atoms with van der Waals surface area (Å²) >= 11 is 0. The molecule has 8 heteroatoms. The summed E-state index contributed by atoms with van der Waals surface area (Å²) in [6.45, 7) is 6.33. The van der Waals surface area contributed by atoms with Crippen molar-refractivity contribution in [1.29, 1.82) is 0 Å². The van der Waals surface area contributed by atoms with Crippen LogP contribution in [0.15, 0.2) is 53.3 Å². The molecule has 1 aliphatic heterocycles. The van der Waals surface area contributed by atoms with Crippen LogP contribution in [0.3, 0.4) is 0 Å². The summed E-state index contributed by atoms with van der Waals surface area (Å²) in [6, 6.07) is 16.4. The van der Waals surface area contributed by atoms with E-state index in [1.807, 2.05) is 57.3 Å². The van der Waals surface area contributed by atoms with Crippen molar-refractivity contribution in [3.8, 4) is 28.4 Å². The molecular weight excluding hydrogens is 428 g/mol. The number of anilines is 1. The maximum absolute atomic E-state index is 13.2. The molecule has 2 aromatic heterocycles. The molecule has 1 saturated heterocycles. The molecule has 8 nitrogen and oxygen atoms in total. The second kappa shape index (κ2) is 9.30. The summed E-state index contributed by atoms with van der Waals surface area (Å²) in [7, 11) is 2.03. The van der Waals surface area contributed by atoms with Crippen molar-refractivity contribution in [2.75, 3.05) is 31.6 Å². The molecule has 2 aromatic carbocycles. The molecule has 0 spiro atoms. The number of hydrogen-bond donors (Lipinski definition) is 2. The van der Waals surface area contributed by atoms with E-state index in [9.17, 15) is 4.79 Å². The summed E-state index contributed by atoms with van der Waals surface area (Å²) in [5, 5.41) is 8.13. The number of H-pyrrole nitrogens is 1. The first-order valence-corrected chi connectivity index (χ1v) is 11.8. The van der Waals surface area contributed by atoms with Crippen LogP contribution in [0.5, 0.6) is 5.75 Å². The molecule has 0 amide bonds. The van der Waals surface area contributed by atoms with Gasteiger partial charge < -0.3 is 19.9 Å². The van der Waals surface area contributed by atoms with Crippen LogP contribution in [0.2, 0.25) is 0 Å². The molecule has 0 aliphatic carbocycles. The van der Waals surface area contributed by atoms with Crippen LogP contribution >= 0.6 is 0 Å². The third-order valence-electron chi connectivity index (χ3n) is 6.50. The van der Waals surface area contributed by atoms with Gasteiger partial charge in [-0.25, -0.2) is 9.50 Å². The van der Waals surface area contributed by atoms with Crippen molar-refractivity contribution in [3.63, 3.8) is 0 Å². The number of rotatable bonds is 6.